The zero-order chi connectivity index (χ0) is 13.9. The molecule has 0 radical (unpaired) electrons. The van der Waals surface area contributed by atoms with E-state index >= 15 is 0 Å². The number of ether oxygens (including phenoxy) is 1. The first-order valence-electron chi connectivity index (χ1n) is 6.58. The van der Waals surface area contributed by atoms with Gasteiger partial charge in [0.25, 0.3) is 0 Å². The van der Waals surface area contributed by atoms with Crippen LogP contribution in [0.5, 0.6) is 5.75 Å². The Hall–Kier alpha value is -1.49. The molecular formula is C14H21FN2O2. The topological polar surface area (TPSA) is 67.5 Å². The number of anilines is 2. The fourth-order valence-corrected chi connectivity index (χ4v) is 2.68. The maximum absolute atomic E-state index is 13.4. The van der Waals surface area contributed by atoms with Gasteiger partial charge in [-0.15, -0.1) is 0 Å². The number of rotatable bonds is 5. The number of aliphatic hydroxyl groups is 1. The molecule has 0 bridgehead atoms. The highest BCUT2D eigenvalue weighted by atomic mass is 19.1. The monoisotopic (exact) mass is 268 g/mol. The highest BCUT2D eigenvalue weighted by Crippen LogP contribution is 2.38. The smallest absolute Gasteiger partial charge is 0.167 e. The van der Waals surface area contributed by atoms with E-state index in [9.17, 15) is 9.50 Å². The number of nitrogen functional groups attached to an aromatic ring is 1. The van der Waals surface area contributed by atoms with Crippen molar-refractivity contribution >= 4 is 11.4 Å². The number of nitrogens with one attached hydrogen (secondary N) is 1. The van der Waals surface area contributed by atoms with Crippen LogP contribution in [-0.4, -0.2) is 25.4 Å². The van der Waals surface area contributed by atoms with Crippen LogP contribution in [0, 0.1) is 11.2 Å². The Bertz CT molecular complexity index is 445. The summed E-state index contributed by atoms with van der Waals surface area (Å²) in [6.45, 7) is 0.806. The predicted octanol–water partition coefficient (Wildman–Crippen LogP) is 2.38. The average molecular weight is 268 g/mol. The number of halogens is 1. The fourth-order valence-electron chi connectivity index (χ4n) is 2.68. The summed E-state index contributed by atoms with van der Waals surface area (Å²) in [7, 11) is 1.42. The van der Waals surface area contributed by atoms with Gasteiger partial charge in [0, 0.05) is 24.1 Å². The van der Waals surface area contributed by atoms with E-state index in [2.05, 4.69) is 5.32 Å². The summed E-state index contributed by atoms with van der Waals surface area (Å²) in [4.78, 5) is 0. The quantitative estimate of drug-likeness (QED) is 0.717. The maximum Gasteiger partial charge on any atom is 0.167 e. The lowest BCUT2D eigenvalue weighted by molar-refractivity contribution is 0.142. The second-order valence-corrected chi connectivity index (χ2v) is 5.29. The van der Waals surface area contributed by atoms with Crippen molar-refractivity contribution < 1.29 is 14.2 Å². The summed E-state index contributed by atoms with van der Waals surface area (Å²) >= 11 is 0. The minimum absolute atomic E-state index is 0.0753. The van der Waals surface area contributed by atoms with Crippen LogP contribution in [0.2, 0.25) is 0 Å². The summed E-state index contributed by atoms with van der Waals surface area (Å²) in [5.41, 5.74) is 6.72. The Balaban J connectivity index is 2.10. The zero-order valence-electron chi connectivity index (χ0n) is 11.2. The van der Waals surface area contributed by atoms with Gasteiger partial charge < -0.3 is 20.9 Å². The van der Waals surface area contributed by atoms with Crippen LogP contribution in [-0.2, 0) is 0 Å². The number of nitrogens with two attached hydrogens (primary N) is 1. The molecule has 0 heterocycles. The van der Waals surface area contributed by atoms with E-state index < -0.39 is 5.82 Å². The van der Waals surface area contributed by atoms with Gasteiger partial charge in [-0.25, -0.2) is 4.39 Å². The van der Waals surface area contributed by atoms with Crippen LogP contribution in [0.1, 0.15) is 25.7 Å². The molecule has 19 heavy (non-hydrogen) atoms. The molecule has 1 fully saturated rings. The van der Waals surface area contributed by atoms with Crippen LogP contribution >= 0.6 is 0 Å². The summed E-state index contributed by atoms with van der Waals surface area (Å²) in [6.07, 6.45) is 4.30. The first kappa shape index (κ1) is 13.9. The number of methoxy groups -OCH3 is 1. The standard InChI is InChI=1S/C14H21FN2O2/c1-19-13-7-12(11(16)6-10(13)15)17-8-14(9-18)4-2-3-5-14/h6-7,17-18H,2-5,8-9,16H2,1H3. The molecule has 1 aromatic rings. The van der Waals surface area contributed by atoms with Crippen molar-refractivity contribution in [1.82, 2.24) is 0 Å². The van der Waals surface area contributed by atoms with Crippen molar-refractivity contribution in [2.75, 3.05) is 31.3 Å². The summed E-state index contributed by atoms with van der Waals surface area (Å²) in [5, 5.41) is 12.8. The van der Waals surface area contributed by atoms with Crippen LogP contribution < -0.4 is 15.8 Å². The number of hydrogen-bond acceptors (Lipinski definition) is 4. The van der Waals surface area contributed by atoms with E-state index in [4.69, 9.17) is 10.5 Å². The molecule has 4 nitrogen and oxygen atoms in total. The molecule has 106 valence electrons. The largest absolute Gasteiger partial charge is 0.494 e. The van der Waals surface area contributed by atoms with Crippen LogP contribution in [0.15, 0.2) is 12.1 Å². The van der Waals surface area contributed by atoms with Gasteiger partial charge in [-0.2, -0.15) is 0 Å². The molecule has 1 aromatic carbocycles. The SMILES string of the molecule is COc1cc(NCC2(CO)CCCC2)c(N)cc1F. The lowest BCUT2D eigenvalue weighted by atomic mass is 9.87. The molecular weight excluding hydrogens is 247 g/mol. The lowest BCUT2D eigenvalue weighted by Gasteiger charge is -2.27. The van der Waals surface area contributed by atoms with Gasteiger partial charge in [-0.05, 0) is 12.8 Å². The minimum Gasteiger partial charge on any atom is -0.494 e. The third-order valence-corrected chi connectivity index (χ3v) is 3.98. The van der Waals surface area contributed by atoms with Crippen molar-refractivity contribution in [3.05, 3.63) is 17.9 Å². The van der Waals surface area contributed by atoms with Crippen LogP contribution in [0.4, 0.5) is 15.8 Å². The van der Waals surface area contributed by atoms with E-state index in [1.54, 1.807) is 6.07 Å². The summed E-state index contributed by atoms with van der Waals surface area (Å²) in [6, 6.07) is 2.81. The predicted molar refractivity (Wildman–Crippen MR) is 73.8 cm³/mol. The summed E-state index contributed by atoms with van der Waals surface area (Å²) < 4.78 is 18.4. The molecule has 0 aliphatic heterocycles. The maximum atomic E-state index is 13.4. The van der Waals surface area contributed by atoms with Gasteiger partial charge in [0.05, 0.1) is 25.1 Å². The average Bonchev–Trinajstić information content (AvgIpc) is 2.87. The molecule has 0 atom stereocenters. The van der Waals surface area contributed by atoms with Gasteiger partial charge in [-0.1, -0.05) is 12.8 Å². The van der Waals surface area contributed by atoms with Crippen LogP contribution in [0.25, 0.3) is 0 Å². The highest BCUT2D eigenvalue weighted by Gasteiger charge is 2.33. The van der Waals surface area contributed by atoms with Gasteiger partial charge in [0.1, 0.15) is 0 Å². The van der Waals surface area contributed by atoms with Gasteiger partial charge in [0.15, 0.2) is 11.6 Å². The lowest BCUT2D eigenvalue weighted by Crippen LogP contribution is -2.30. The van der Waals surface area contributed by atoms with Crippen molar-refractivity contribution in [3.8, 4) is 5.75 Å². The molecule has 1 aliphatic rings. The van der Waals surface area contributed by atoms with E-state index in [-0.39, 0.29) is 17.8 Å². The Morgan fingerprint density at radius 1 is 1.42 bits per heavy atom. The molecule has 0 spiro atoms. The van der Waals surface area contributed by atoms with Crippen molar-refractivity contribution in [2.24, 2.45) is 5.41 Å². The molecule has 2 rings (SSSR count). The highest BCUT2D eigenvalue weighted by molar-refractivity contribution is 5.68. The first-order chi connectivity index (χ1) is 9.10. The second kappa shape index (κ2) is 5.65. The van der Waals surface area contributed by atoms with Gasteiger partial charge in [0.2, 0.25) is 0 Å². The Morgan fingerprint density at radius 3 is 2.68 bits per heavy atom. The third-order valence-electron chi connectivity index (χ3n) is 3.98. The second-order valence-electron chi connectivity index (χ2n) is 5.29. The van der Waals surface area contributed by atoms with E-state index in [1.165, 1.54) is 13.2 Å². The molecule has 4 N–H and O–H groups in total. The molecule has 0 amide bonds. The molecule has 1 aliphatic carbocycles. The molecule has 0 unspecified atom stereocenters. The molecule has 0 saturated heterocycles. The minimum atomic E-state index is -0.469. The first-order valence-corrected chi connectivity index (χ1v) is 6.58. The van der Waals surface area contributed by atoms with Crippen molar-refractivity contribution in [1.29, 1.82) is 0 Å². The van der Waals surface area contributed by atoms with E-state index in [0.717, 1.165) is 25.7 Å². The van der Waals surface area contributed by atoms with Crippen molar-refractivity contribution in [3.63, 3.8) is 0 Å². The van der Waals surface area contributed by atoms with Crippen molar-refractivity contribution in [2.45, 2.75) is 25.7 Å². The van der Waals surface area contributed by atoms with Gasteiger partial charge in [-0.3, -0.25) is 0 Å². The number of benzene rings is 1. The van der Waals surface area contributed by atoms with Crippen LogP contribution in [0.3, 0.4) is 0 Å². The van der Waals surface area contributed by atoms with E-state index in [0.29, 0.717) is 17.9 Å². The molecule has 1 saturated carbocycles. The number of hydrogen-bond donors (Lipinski definition) is 3. The normalized spacial score (nSPS) is 17.4. The molecule has 0 aromatic heterocycles. The molecule has 5 heteroatoms. The number of aliphatic hydroxyl groups excluding tert-OH is 1. The fraction of sp³-hybridized carbons (Fsp3) is 0.571. The zero-order valence-corrected chi connectivity index (χ0v) is 11.2. The summed E-state index contributed by atoms with van der Waals surface area (Å²) in [5.74, 6) is -0.301. The van der Waals surface area contributed by atoms with Gasteiger partial charge >= 0.3 is 0 Å². The third kappa shape index (κ3) is 2.92. The Morgan fingerprint density at radius 2 is 2.11 bits per heavy atom. The Labute approximate surface area is 112 Å². The van der Waals surface area contributed by atoms with E-state index in [1.807, 2.05) is 0 Å². The Kier molecular flexibility index (Phi) is 4.14.